The topological polar surface area (TPSA) is 76.1 Å². The Bertz CT molecular complexity index is 636. The highest BCUT2D eigenvalue weighted by atomic mass is 16.6. The van der Waals surface area contributed by atoms with Crippen LogP contribution in [0.3, 0.4) is 0 Å². The summed E-state index contributed by atoms with van der Waals surface area (Å²) >= 11 is 0. The number of rotatable bonds is 4. The van der Waals surface area contributed by atoms with Crippen molar-refractivity contribution in [2.45, 2.75) is 39.3 Å². The molecule has 0 aliphatic heterocycles. The van der Waals surface area contributed by atoms with E-state index in [1.165, 1.54) is 0 Å². The van der Waals surface area contributed by atoms with Crippen LogP contribution >= 0.6 is 0 Å². The van der Waals surface area contributed by atoms with E-state index in [1.54, 1.807) is 18.6 Å². The van der Waals surface area contributed by atoms with Gasteiger partial charge in [-0.25, -0.2) is 9.78 Å². The van der Waals surface area contributed by atoms with Gasteiger partial charge in [-0.2, -0.15) is 0 Å². The molecule has 0 radical (unpaired) electrons. The van der Waals surface area contributed by atoms with Crippen molar-refractivity contribution in [1.82, 2.24) is 15.3 Å². The third kappa shape index (κ3) is 5.58. The first-order valence-corrected chi connectivity index (χ1v) is 7.46. The first-order valence-electron chi connectivity index (χ1n) is 7.46. The highest BCUT2D eigenvalue weighted by Crippen LogP contribution is 2.19. The summed E-state index contributed by atoms with van der Waals surface area (Å²) < 4.78 is 5.25. The molecule has 6 nitrogen and oxygen atoms in total. The normalized spacial score (nSPS) is 12.3. The van der Waals surface area contributed by atoms with E-state index in [-0.39, 0.29) is 6.04 Å². The zero-order valence-corrected chi connectivity index (χ0v) is 13.8. The number of amides is 1. The van der Waals surface area contributed by atoms with Gasteiger partial charge < -0.3 is 15.4 Å². The number of carbonyl (C=O) groups is 1. The maximum atomic E-state index is 11.8. The molecule has 0 saturated carbocycles. The molecule has 2 aromatic rings. The molecule has 23 heavy (non-hydrogen) atoms. The number of hydrogen-bond acceptors (Lipinski definition) is 5. The van der Waals surface area contributed by atoms with Crippen molar-refractivity contribution in [3.05, 3.63) is 48.4 Å². The highest BCUT2D eigenvalue weighted by Gasteiger charge is 2.18. The standard InChI is InChI=1S/C17H22N4O2/c1-12(20-16(22)23-17(2,3)4)13-5-7-14(8-6-13)21-15-11-18-9-10-19-15/h5-12H,1-4H3,(H,19,21)(H,20,22)/t12-/m0/s1. The molecule has 0 spiro atoms. The molecule has 0 fully saturated rings. The molecule has 122 valence electrons. The summed E-state index contributed by atoms with van der Waals surface area (Å²) in [7, 11) is 0. The van der Waals surface area contributed by atoms with Gasteiger partial charge in [-0.3, -0.25) is 4.98 Å². The number of ether oxygens (including phenoxy) is 1. The minimum Gasteiger partial charge on any atom is -0.444 e. The van der Waals surface area contributed by atoms with Crippen LogP contribution in [0.25, 0.3) is 0 Å². The summed E-state index contributed by atoms with van der Waals surface area (Å²) in [5.41, 5.74) is 1.38. The van der Waals surface area contributed by atoms with Gasteiger partial charge in [-0.1, -0.05) is 12.1 Å². The third-order valence-corrected chi connectivity index (χ3v) is 2.98. The number of anilines is 2. The summed E-state index contributed by atoms with van der Waals surface area (Å²) in [6, 6.07) is 7.60. The smallest absolute Gasteiger partial charge is 0.408 e. The molecule has 1 atom stereocenters. The lowest BCUT2D eigenvalue weighted by Gasteiger charge is -2.22. The number of aromatic nitrogens is 2. The number of benzene rings is 1. The van der Waals surface area contributed by atoms with Crippen LogP contribution in [0.2, 0.25) is 0 Å². The van der Waals surface area contributed by atoms with E-state index in [2.05, 4.69) is 20.6 Å². The minimum atomic E-state index is -0.506. The van der Waals surface area contributed by atoms with E-state index in [4.69, 9.17) is 4.74 Å². The Kier molecular flexibility index (Phi) is 5.16. The molecule has 0 aliphatic carbocycles. The molecule has 6 heteroatoms. The number of alkyl carbamates (subject to hydrolysis) is 1. The summed E-state index contributed by atoms with van der Waals surface area (Å²) in [5, 5.41) is 5.97. The van der Waals surface area contributed by atoms with E-state index in [0.717, 1.165) is 11.3 Å². The number of hydrogen-bond donors (Lipinski definition) is 2. The van der Waals surface area contributed by atoms with Gasteiger partial charge >= 0.3 is 6.09 Å². The Morgan fingerprint density at radius 2 is 1.87 bits per heavy atom. The summed E-state index contributed by atoms with van der Waals surface area (Å²) in [6.07, 6.45) is 4.48. The molecule has 1 amide bonds. The second-order valence-corrected chi connectivity index (χ2v) is 6.21. The second kappa shape index (κ2) is 7.09. The lowest BCUT2D eigenvalue weighted by Crippen LogP contribution is -2.34. The first kappa shape index (κ1) is 16.7. The van der Waals surface area contributed by atoms with Crippen LogP contribution in [0.4, 0.5) is 16.3 Å². The van der Waals surface area contributed by atoms with Crippen LogP contribution in [0.15, 0.2) is 42.9 Å². The van der Waals surface area contributed by atoms with E-state index in [9.17, 15) is 4.79 Å². The summed E-state index contributed by atoms with van der Waals surface area (Å²) in [4.78, 5) is 19.9. The molecular formula is C17H22N4O2. The Hall–Kier alpha value is -2.63. The predicted octanol–water partition coefficient (Wildman–Crippen LogP) is 3.81. The van der Waals surface area contributed by atoms with E-state index >= 15 is 0 Å². The summed E-state index contributed by atoms with van der Waals surface area (Å²) in [6.45, 7) is 7.42. The highest BCUT2D eigenvalue weighted by molar-refractivity contribution is 5.68. The van der Waals surface area contributed by atoms with Crippen LogP contribution in [-0.2, 0) is 4.74 Å². The zero-order valence-electron chi connectivity index (χ0n) is 13.8. The minimum absolute atomic E-state index is 0.143. The number of nitrogens with one attached hydrogen (secondary N) is 2. The monoisotopic (exact) mass is 314 g/mol. The van der Waals surface area contributed by atoms with Crippen molar-refractivity contribution in [1.29, 1.82) is 0 Å². The van der Waals surface area contributed by atoms with Gasteiger partial charge in [0.1, 0.15) is 11.4 Å². The number of nitrogens with zero attached hydrogens (tertiary/aromatic N) is 2. The zero-order chi connectivity index (χ0) is 16.9. The molecule has 0 unspecified atom stereocenters. The first-order chi connectivity index (χ1) is 10.8. The largest absolute Gasteiger partial charge is 0.444 e. The quantitative estimate of drug-likeness (QED) is 0.897. The van der Waals surface area contributed by atoms with E-state index in [0.29, 0.717) is 5.82 Å². The van der Waals surface area contributed by atoms with Crippen molar-refractivity contribution >= 4 is 17.6 Å². The van der Waals surface area contributed by atoms with Gasteiger partial charge in [0.15, 0.2) is 0 Å². The molecule has 1 aromatic heterocycles. The lowest BCUT2D eigenvalue weighted by atomic mass is 10.1. The van der Waals surface area contributed by atoms with Crippen molar-refractivity contribution in [2.75, 3.05) is 5.32 Å². The number of carbonyl (C=O) groups excluding carboxylic acids is 1. The van der Waals surface area contributed by atoms with Crippen LogP contribution < -0.4 is 10.6 Å². The van der Waals surface area contributed by atoms with Crippen LogP contribution in [0.1, 0.15) is 39.3 Å². The van der Waals surface area contributed by atoms with Crippen molar-refractivity contribution in [3.63, 3.8) is 0 Å². The van der Waals surface area contributed by atoms with Gasteiger partial charge in [0.25, 0.3) is 0 Å². The lowest BCUT2D eigenvalue weighted by molar-refractivity contribution is 0.0508. The third-order valence-electron chi connectivity index (χ3n) is 2.98. The van der Waals surface area contributed by atoms with Crippen LogP contribution in [0, 0.1) is 0 Å². The van der Waals surface area contributed by atoms with Crippen LogP contribution in [0.5, 0.6) is 0 Å². The van der Waals surface area contributed by atoms with Gasteiger partial charge in [-0.05, 0) is 45.4 Å². The van der Waals surface area contributed by atoms with Gasteiger partial charge in [0, 0.05) is 18.1 Å². The molecule has 0 saturated heterocycles. The van der Waals surface area contributed by atoms with Gasteiger partial charge in [-0.15, -0.1) is 0 Å². The fraction of sp³-hybridized carbons (Fsp3) is 0.353. The fourth-order valence-corrected chi connectivity index (χ4v) is 1.93. The Balaban J connectivity index is 1.95. The molecule has 0 aliphatic rings. The maximum absolute atomic E-state index is 11.8. The molecule has 0 bridgehead atoms. The molecule has 1 aromatic carbocycles. The average Bonchev–Trinajstić information content (AvgIpc) is 2.47. The SMILES string of the molecule is C[C@H](NC(=O)OC(C)(C)C)c1ccc(Nc2cnccn2)cc1. The van der Waals surface area contributed by atoms with Crippen molar-refractivity contribution < 1.29 is 9.53 Å². The van der Waals surface area contributed by atoms with E-state index < -0.39 is 11.7 Å². The Morgan fingerprint density at radius 1 is 1.17 bits per heavy atom. The summed E-state index contributed by atoms with van der Waals surface area (Å²) in [5.74, 6) is 0.681. The van der Waals surface area contributed by atoms with E-state index in [1.807, 2.05) is 52.0 Å². The maximum Gasteiger partial charge on any atom is 0.408 e. The molecule has 2 N–H and O–H groups in total. The Morgan fingerprint density at radius 3 is 2.43 bits per heavy atom. The average molecular weight is 314 g/mol. The Labute approximate surface area is 136 Å². The van der Waals surface area contributed by atoms with Gasteiger partial charge in [0.05, 0.1) is 12.2 Å². The van der Waals surface area contributed by atoms with Gasteiger partial charge in [0.2, 0.25) is 0 Å². The fourth-order valence-electron chi connectivity index (χ4n) is 1.93. The van der Waals surface area contributed by atoms with Crippen LogP contribution in [-0.4, -0.2) is 21.7 Å². The molecule has 2 rings (SSSR count). The van der Waals surface area contributed by atoms with Crippen molar-refractivity contribution in [2.24, 2.45) is 0 Å². The second-order valence-electron chi connectivity index (χ2n) is 6.21. The van der Waals surface area contributed by atoms with Crippen molar-refractivity contribution in [3.8, 4) is 0 Å². The predicted molar refractivity (Wildman–Crippen MR) is 89.5 cm³/mol. The molecule has 1 heterocycles. The molecular weight excluding hydrogens is 292 g/mol.